The molecule has 0 radical (unpaired) electrons. The number of nitrogens with one attached hydrogen (secondary N) is 2. The fraction of sp³-hybridized carbons (Fsp3) is 0.242. The van der Waals surface area contributed by atoms with E-state index in [0.717, 1.165) is 41.8 Å². The molecular formula is C33H33N5O3S. The summed E-state index contributed by atoms with van der Waals surface area (Å²) in [6.45, 7) is 7.57. The Bertz CT molecular complexity index is 1990. The molecule has 3 heterocycles. The van der Waals surface area contributed by atoms with E-state index in [1.54, 1.807) is 32.4 Å². The zero-order valence-electron chi connectivity index (χ0n) is 24.4. The number of rotatable bonds is 5. The average Bonchev–Trinajstić information content (AvgIpc) is 3.40. The van der Waals surface area contributed by atoms with Crippen molar-refractivity contribution < 1.29 is 13.2 Å². The molecule has 2 N–H and O–H groups in total. The monoisotopic (exact) mass is 579 g/mol. The molecule has 214 valence electrons. The highest BCUT2D eigenvalue weighted by molar-refractivity contribution is 7.91. The molecule has 1 aliphatic heterocycles. The van der Waals surface area contributed by atoms with Crippen LogP contribution in [0.3, 0.4) is 0 Å². The van der Waals surface area contributed by atoms with Gasteiger partial charge in [-0.25, -0.2) is 18.4 Å². The second-order valence-electron chi connectivity index (χ2n) is 11.2. The Kier molecular flexibility index (Phi) is 6.95. The number of aryl methyl sites for hydroxylation is 3. The summed E-state index contributed by atoms with van der Waals surface area (Å²) in [7, 11) is -0.594. The van der Waals surface area contributed by atoms with Crippen molar-refractivity contribution in [2.75, 3.05) is 20.6 Å². The number of aromatic amines is 1. The van der Waals surface area contributed by atoms with Crippen molar-refractivity contribution in [3.63, 3.8) is 0 Å². The minimum absolute atomic E-state index is 0.0782. The number of carbonyl (C=O) groups excluding carboxylic acids is 1. The molecule has 5 aromatic rings. The van der Waals surface area contributed by atoms with Gasteiger partial charge in [-0.2, -0.15) is 0 Å². The second kappa shape index (κ2) is 10.5. The molecule has 0 saturated heterocycles. The summed E-state index contributed by atoms with van der Waals surface area (Å²) < 4.78 is 28.5. The smallest absolute Gasteiger partial charge is 0.253 e. The first-order valence-corrected chi connectivity index (χ1v) is 15.4. The van der Waals surface area contributed by atoms with E-state index in [1.165, 1.54) is 27.8 Å². The van der Waals surface area contributed by atoms with Gasteiger partial charge in [-0.05, 0) is 90.9 Å². The maximum Gasteiger partial charge on any atom is 0.253 e. The average molecular weight is 580 g/mol. The quantitative estimate of drug-likeness (QED) is 0.289. The molecule has 0 saturated carbocycles. The first-order valence-electron chi connectivity index (χ1n) is 13.9. The van der Waals surface area contributed by atoms with Crippen LogP contribution in [-0.2, 0) is 22.8 Å². The maximum absolute atomic E-state index is 14.2. The molecule has 0 aliphatic carbocycles. The van der Waals surface area contributed by atoms with Gasteiger partial charge in [-0.15, -0.1) is 0 Å². The Morgan fingerprint density at radius 1 is 0.929 bits per heavy atom. The van der Waals surface area contributed by atoms with Crippen LogP contribution < -0.4 is 5.32 Å². The molecule has 1 amide bonds. The van der Waals surface area contributed by atoms with Crippen molar-refractivity contribution in [1.82, 2.24) is 25.2 Å². The van der Waals surface area contributed by atoms with Crippen LogP contribution in [0.4, 0.5) is 0 Å². The number of nitrogens with zero attached hydrogens (tertiary/aromatic N) is 3. The van der Waals surface area contributed by atoms with Crippen LogP contribution >= 0.6 is 0 Å². The first kappa shape index (κ1) is 27.8. The van der Waals surface area contributed by atoms with Crippen LogP contribution in [0, 0.1) is 20.8 Å². The lowest BCUT2D eigenvalue weighted by atomic mass is 9.91. The van der Waals surface area contributed by atoms with Crippen LogP contribution in [0.15, 0.2) is 70.8 Å². The van der Waals surface area contributed by atoms with Crippen LogP contribution in [-0.4, -0.2) is 54.8 Å². The van der Waals surface area contributed by atoms with E-state index in [1.807, 2.05) is 38.1 Å². The third kappa shape index (κ3) is 4.78. The summed E-state index contributed by atoms with van der Waals surface area (Å²) >= 11 is 0. The number of hydrogen-bond donors (Lipinski definition) is 2. The number of hydrogen-bond acceptors (Lipinski definition) is 6. The molecule has 42 heavy (non-hydrogen) atoms. The van der Waals surface area contributed by atoms with Gasteiger partial charge in [-0.3, -0.25) is 4.79 Å². The number of aromatic nitrogens is 3. The Balaban J connectivity index is 1.46. The minimum atomic E-state index is -4.03. The zero-order chi connectivity index (χ0) is 29.8. The number of carbonyl (C=O) groups is 1. The fourth-order valence-electron chi connectivity index (χ4n) is 5.74. The molecule has 2 aromatic heterocycles. The van der Waals surface area contributed by atoms with Crippen LogP contribution in [0.1, 0.15) is 38.2 Å². The van der Waals surface area contributed by atoms with Crippen molar-refractivity contribution in [1.29, 1.82) is 0 Å². The molecule has 0 fully saturated rings. The fourth-order valence-corrected chi connectivity index (χ4v) is 7.18. The van der Waals surface area contributed by atoms with Crippen molar-refractivity contribution in [3.05, 3.63) is 94.3 Å². The molecule has 6 rings (SSSR count). The molecule has 0 atom stereocenters. The van der Waals surface area contributed by atoms with Crippen LogP contribution in [0.25, 0.3) is 33.4 Å². The summed E-state index contributed by atoms with van der Waals surface area (Å²) in [5, 5.41) is 3.30. The first-order chi connectivity index (χ1) is 20.0. The lowest BCUT2D eigenvalue weighted by molar-refractivity contribution is 0.0827. The largest absolute Gasteiger partial charge is 0.345 e. The number of H-pyrrole nitrogens is 1. The number of amides is 1. The third-order valence-corrected chi connectivity index (χ3v) is 9.64. The Morgan fingerprint density at radius 2 is 1.71 bits per heavy atom. The third-order valence-electron chi connectivity index (χ3n) is 7.98. The lowest BCUT2D eigenvalue weighted by Gasteiger charge is -2.21. The van der Waals surface area contributed by atoms with E-state index in [-0.39, 0.29) is 15.8 Å². The van der Waals surface area contributed by atoms with Crippen molar-refractivity contribution in [2.24, 2.45) is 0 Å². The van der Waals surface area contributed by atoms with Gasteiger partial charge in [0.25, 0.3) is 5.91 Å². The standard InChI is InChI=1S/C33H33N5O3S/c1-19-6-8-27(23-14-20(2)25-10-11-34-16-24(25)15-23)29(12-19)42(40,41)30-18-36-32-31(37-30)28(17-35-32)22-7-9-26(21(3)13-22)33(39)38(4)5/h6-9,12-15,17-18,34H,10-11,16H2,1-5H3,(H,35,36). The summed E-state index contributed by atoms with van der Waals surface area (Å²) in [5.41, 5.74) is 9.94. The minimum Gasteiger partial charge on any atom is -0.345 e. The van der Waals surface area contributed by atoms with Gasteiger partial charge in [0.15, 0.2) is 10.7 Å². The van der Waals surface area contributed by atoms with E-state index in [0.29, 0.717) is 27.9 Å². The summed E-state index contributed by atoms with van der Waals surface area (Å²) in [6.07, 6.45) is 4.05. The summed E-state index contributed by atoms with van der Waals surface area (Å²) in [5.74, 6) is -0.0782. The highest BCUT2D eigenvalue weighted by Crippen LogP contribution is 2.36. The maximum atomic E-state index is 14.2. The van der Waals surface area contributed by atoms with Crippen molar-refractivity contribution >= 4 is 26.9 Å². The zero-order valence-corrected chi connectivity index (χ0v) is 25.2. The van der Waals surface area contributed by atoms with E-state index in [4.69, 9.17) is 0 Å². The normalized spacial score (nSPS) is 13.3. The molecule has 0 spiro atoms. The predicted octanol–water partition coefficient (Wildman–Crippen LogP) is 5.40. The Hall–Kier alpha value is -4.34. The lowest BCUT2D eigenvalue weighted by Crippen LogP contribution is -2.24. The van der Waals surface area contributed by atoms with Gasteiger partial charge in [0.05, 0.1) is 11.1 Å². The van der Waals surface area contributed by atoms with Gasteiger partial charge in [-0.1, -0.05) is 30.3 Å². The molecular weight excluding hydrogens is 546 g/mol. The summed E-state index contributed by atoms with van der Waals surface area (Å²) in [6, 6.07) is 15.3. The Morgan fingerprint density at radius 3 is 2.48 bits per heavy atom. The van der Waals surface area contributed by atoms with Crippen molar-refractivity contribution in [2.45, 2.75) is 43.7 Å². The molecule has 9 heteroatoms. The van der Waals surface area contributed by atoms with Crippen LogP contribution in [0.5, 0.6) is 0 Å². The van der Waals surface area contributed by atoms with Crippen molar-refractivity contribution in [3.8, 4) is 22.3 Å². The Labute approximate surface area is 245 Å². The van der Waals surface area contributed by atoms with Gasteiger partial charge in [0.1, 0.15) is 5.52 Å². The van der Waals surface area contributed by atoms with E-state index >= 15 is 0 Å². The number of benzene rings is 3. The van der Waals surface area contributed by atoms with Crippen LogP contribution in [0.2, 0.25) is 0 Å². The van der Waals surface area contributed by atoms with E-state index in [2.05, 4.69) is 39.3 Å². The number of fused-ring (bicyclic) bond motifs is 2. The van der Waals surface area contributed by atoms with E-state index in [9.17, 15) is 13.2 Å². The second-order valence-corrected chi connectivity index (χ2v) is 13.1. The van der Waals surface area contributed by atoms with Gasteiger partial charge in [0.2, 0.25) is 9.84 Å². The SMILES string of the molecule is Cc1ccc(-c2cc(C)c3c(c2)CNCC3)c(S(=O)(=O)c2cnc3[nH]cc(-c4ccc(C(=O)N(C)C)c(C)c4)c3n2)c1. The topological polar surface area (TPSA) is 108 Å². The molecule has 3 aromatic carbocycles. The predicted molar refractivity (Wildman–Crippen MR) is 164 cm³/mol. The van der Waals surface area contributed by atoms with Gasteiger partial charge < -0.3 is 15.2 Å². The van der Waals surface area contributed by atoms with E-state index < -0.39 is 9.84 Å². The van der Waals surface area contributed by atoms with Gasteiger partial charge >= 0.3 is 0 Å². The highest BCUT2D eigenvalue weighted by atomic mass is 32.2. The molecule has 0 unspecified atom stereocenters. The molecule has 0 bridgehead atoms. The van der Waals surface area contributed by atoms with Gasteiger partial charge in [0, 0.05) is 43.5 Å². The highest BCUT2D eigenvalue weighted by Gasteiger charge is 2.26. The molecule has 8 nitrogen and oxygen atoms in total. The number of sulfone groups is 1. The summed E-state index contributed by atoms with van der Waals surface area (Å²) in [4.78, 5) is 26.5. The molecule has 1 aliphatic rings.